The molecule has 0 aliphatic heterocycles. The number of amides is 1. The summed E-state index contributed by atoms with van der Waals surface area (Å²) >= 11 is 1.65. The summed E-state index contributed by atoms with van der Waals surface area (Å²) in [6, 6.07) is 2.08. The highest BCUT2D eigenvalue weighted by Crippen LogP contribution is 2.14. The number of carbonyl (C=O) groups is 1. The minimum atomic E-state index is -0.250. The monoisotopic (exact) mass is 304 g/mol. The summed E-state index contributed by atoms with van der Waals surface area (Å²) in [6.45, 7) is 5.93. The predicted molar refractivity (Wildman–Crippen MR) is 85.5 cm³/mol. The second-order valence-electron chi connectivity index (χ2n) is 5.40. The number of nitrogens with one attached hydrogen (secondary N) is 1. The van der Waals surface area contributed by atoms with Crippen LogP contribution in [0.1, 0.15) is 48.6 Å². The molecule has 0 spiro atoms. The Hall–Kier alpha value is -1.95. The summed E-state index contributed by atoms with van der Waals surface area (Å²) in [4.78, 5) is 20.7. The summed E-state index contributed by atoms with van der Waals surface area (Å²) in [5.74, 6) is 0.528. The number of thiophene rings is 1. The van der Waals surface area contributed by atoms with Gasteiger partial charge in [-0.25, -0.2) is 9.97 Å². The van der Waals surface area contributed by atoms with Gasteiger partial charge in [0.15, 0.2) is 5.69 Å². The Labute approximate surface area is 128 Å². The van der Waals surface area contributed by atoms with Gasteiger partial charge in [0.25, 0.3) is 5.91 Å². The van der Waals surface area contributed by atoms with E-state index >= 15 is 0 Å². The van der Waals surface area contributed by atoms with Crippen LogP contribution in [0, 0.1) is 0 Å². The van der Waals surface area contributed by atoms with E-state index in [0.717, 1.165) is 6.42 Å². The second kappa shape index (κ2) is 6.67. The summed E-state index contributed by atoms with van der Waals surface area (Å²) in [5.41, 5.74) is 7.59. The Bertz CT molecular complexity index is 610. The number of rotatable bonds is 5. The van der Waals surface area contributed by atoms with E-state index in [1.54, 1.807) is 11.3 Å². The smallest absolute Gasteiger partial charge is 0.272 e. The minimum absolute atomic E-state index is 0.0176. The van der Waals surface area contributed by atoms with E-state index in [1.807, 2.05) is 26.2 Å². The SMILES string of the molecule is CC(Cc1ccsc1)NC(=O)c1nc(C(C)C)ncc1N. The zero-order chi connectivity index (χ0) is 15.4. The van der Waals surface area contributed by atoms with Crippen molar-refractivity contribution in [3.05, 3.63) is 40.1 Å². The molecule has 0 radical (unpaired) electrons. The Morgan fingerprint density at radius 2 is 2.19 bits per heavy atom. The molecule has 0 aromatic carbocycles. The van der Waals surface area contributed by atoms with Gasteiger partial charge in [0.05, 0.1) is 11.9 Å². The topological polar surface area (TPSA) is 80.9 Å². The van der Waals surface area contributed by atoms with Gasteiger partial charge in [0.1, 0.15) is 5.82 Å². The number of carbonyl (C=O) groups excluding carboxylic acids is 1. The van der Waals surface area contributed by atoms with E-state index < -0.39 is 0 Å². The zero-order valence-electron chi connectivity index (χ0n) is 12.5. The molecule has 2 heterocycles. The molecule has 1 atom stereocenters. The van der Waals surface area contributed by atoms with E-state index in [4.69, 9.17) is 5.73 Å². The van der Waals surface area contributed by atoms with Crippen LogP contribution < -0.4 is 11.1 Å². The molecule has 1 amide bonds. The first-order chi connectivity index (χ1) is 9.97. The molecule has 21 heavy (non-hydrogen) atoms. The van der Waals surface area contributed by atoms with Crippen molar-refractivity contribution < 1.29 is 4.79 Å². The lowest BCUT2D eigenvalue weighted by Crippen LogP contribution is -2.35. The fourth-order valence-corrected chi connectivity index (χ4v) is 2.65. The van der Waals surface area contributed by atoms with Crippen LogP contribution in [0.15, 0.2) is 23.0 Å². The van der Waals surface area contributed by atoms with Gasteiger partial charge in [0.2, 0.25) is 0 Å². The first-order valence-electron chi connectivity index (χ1n) is 6.91. The van der Waals surface area contributed by atoms with E-state index in [9.17, 15) is 4.79 Å². The van der Waals surface area contributed by atoms with E-state index in [1.165, 1.54) is 11.8 Å². The molecular formula is C15H20N4OS. The Kier molecular flexibility index (Phi) is 4.90. The lowest BCUT2D eigenvalue weighted by Gasteiger charge is -2.14. The summed E-state index contributed by atoms with van der Waals surface area (Å²) < 4.78 is 0. The molecule has 2 aromatic heterocycles. The first kappa shape index (κ1) is 15.4. The highest BCUT2D eigenvalue weighted by atomic mass is 32.1. The highest BCUT2D eigenvalue weighted by molar-refractivity contribution is 7.07. The maximum absolute atomic E-state index is 12.3. The standard InChI is InChI=1S/C15H20N4OS/c1-9(2)14-17-7-12(16)13(19-14)15(20)18-10(3)6-11-4-5-21-8-11/h4-5,7-10H,6,16H2,1-3H3,(H,18,20). The van der Waals surface area contributed by atoms with Crippen molar-refractivity contribution in [1.29, 1.82) is 0 Å². The van der Waals surface area contributed by atoms with Crippen molar-refractivity contribution in [2.45, 2.75) is 39.2 Å². The van der Waals surface area contributed by atoms with Crippen LogP contribution in [0.4, 0.5) is 5.69 Å². The predicted octanol–water partition coefficient (Wildman–Crippen LogP) is 2.60. The van der Waals surface area contributed by atoms with Crippen molar-refractivity contribution >= 4 is 22.9 Å². The second-order valence-corrected chi connectivity index (χ2v) is 6.18. The number of nitrogens with zero attached hydrogens (tertiary/aromatic N) is 2. The van der Waals surface area contributed by atoms with Crippen molar-refractivity contribution in [2.24, 2.45) is 0 Å². The average molecular weight is 304 g/mol. The van der Waals surface area contributed by atoms with Gasteiger partial charge in [-0.05, 0) is 35.7 Å². The van der Waals surface area contributed by atoms with Crippen LogP contribution in [-0.4, -0.2) is 21.9 Å². The zero-order valence-corrected chi connectivity index (χ0v) is 13.3. The molecule has 0 aliphatic rings. The molecule has 0 saturated heterocycles. The lowest BCUT2D eigenvalue weighted by molar-refractivity contribution is 0.0935. The van der Waals surface area contributed by atoms with Crippen LogP contribution in [0.25, 0.3) is 0 Å². The van der Waals surface area contributed by atoms with Crippen LogP contribution in [-0.2, 0) is 6.42 Å². The normalized spacial score (nSPS) is 12.4. The summed E-state index contributed by atoms with van der Waals surface area (Å²) in [6.07, 6.45) is 2.29. The third-order valence-corrected chi connectivity index (χ3v) is 3.80. The van der Waals surface area contributed by atoms with Crippen molar-refractivity contribution in [2.75, 3.05) is 5.73 Å². The van der Waals surface area contributed by atoms with Gasteiger partial charge in [-0.1, -0.05) is 13.8 Å². The largest absolute Gasteiger partial charge is 0.396 e. The van der Waals surface area contributed by atoms with Crippen molar-refractivity contribution in [1.82, 2.24) is 15.3 Å². The molecule has 112 valence electrons. The summed E-state index contributed by atoms with van der Waals surface area (Å²) in [5, 5.41) is 7.05. The summed E-state index contributed by atoms with van der Waals surface area (Å²) in [7, 11) is 0. The Morgan fingerprint density at radius 3 is 2.81 bits per heavy atom. The van der Waals surface area contributed by atoms with Gasteiger partial charge in [-0.3, -0.25) is 4.79 Å². The molecule has 1 unspecified atom stereocenters. The molecule has 0 aliphatic carbocycles. The maximum Gasteiger partial charge on any atom is 0.272 e. The fraction of sp³-hybridized carbons (Fsp3) is 0.400. The van der Waals surface area contributed by atoms with Gasteiger partial charge >= 0.3 is 0 Å². The van der Waals surface area contributed by atoms with Crippen LogP contribution in [0.2, 0.25) is 0 Å². The molecule has 5 nitrogen and oxygen atoms in total. The number of aromatic nitrogens is 2. The number of hydrogen-bond acceptors (Lipinski definition) is 5. The van der Waals surface area contributed by atoms with Crippen LogP contribution >= 0.6 is 11.3 Å². The molecular weight excluding hydrogens is 284 g/mol. The Balaban J connectivity index is 2.07. The van der Waals surface area contributed by atoms with Gasteiger partial charge in [0, 0.05) is 12.0 Å². The quantitative estimate of drug-likeness (QED) is 0.889. The fourth-order valence-electron chi connectivity index (χ4n) is 1.97. The molecule has 0 saturated carbocycles. The van der Waals surface area contributed by atoms with Crippen LogP contribution in [0.5, 0.6) is 0 Å². The lowest BCUT2D eigenvalue weighted by atomic mass is 10.1. The van der Waals surface area contributed by atoms with Gasteiger partial charge in [-0.2, -0.15) is 11.3 Å². The van der Waals surface area contributed by atoms with Gasteiger partial charge < -0.3 is 11.1 Å². The van der Waals surface area contributed by atoms with E-state index in [2.05, 4.69) is 26.7 Å². The number of hydrogen-bond donors (Lipinski definition) is 2. The minimum Gasteiger partial charge on any atom is -0.396 e. The van der Waals surface area contributed by atoms with E-state index in [-0.39, 0.29) is 23.6 Å². The van der Waals surface area contributed by atoms with Gasteiger partial charge in [-0.15, -0.1) is 0 Å². The molecule has 3 N–H and O–H groups in total. The first-order valence-corrected chi connectivity index (χ1v) is 7.86. The van der Waals surface area contributed by atoms with Crippen LogP contribution in [0.3, 0.4) is 0 Å². The van der Waals surface area contributed by atoms with Crippen molar-refractivity contribution in [3.8, 4) is 0 Å². The molecule has 6 heteroatoms. The number of anilines is 1. The third kappa shape index (κ3) is 4.01. The molecule has 2 aromatic rings. The Morgan fingerprint density at radius 1 is 1.43 bits per heavy atom. The highest BCUT2D eigenvalue weighted by Gasteiger charge is 2.17. The van der Waals surface area contributed by atoms with Crippen molar-refractivity contribution in [3.63, 3.8) is 0 Å². The number of nitrogens with two attached hydrogens (primary N) is 1. The third-order valence-electron chi connectivity index (χ3n) is 3.07. The van der Waals surface area contributed by atoms with E-state index in [0.29, 0.717) is 11.5 Å². The molecule has 0 fully saturated rings. The average Bonchev–Trinajstić information content (AvgIpc) is 2.91. The molecule has 0 bridgehead atoms. The molecule has 2 rings (SSSR count). The number of nitrogen functional groups attached to an aromatic ring is 1. The maximum atomic E-state index is 12.3.